The highest BCUT2D eigenvalue weighted by Gasteiger charge is 2.46. The minimum absolute atomic E-state index is 0.171. The van der Waals surface area contributed by atoms with E-state index in [2.05, 4.69) is 13.8 Å². The molecule has 0 aromatic carbocycles. The Morgan fingerprint density at radius 1 is 0.588 bits per heavy atom. The van der Waals surface area contributed by atoms with Crippen molar-refractivity contribution in [3.8, 4) is 0 Å². The molecule has 1 aliphatic heterocycles. The van der Waals surface area contributed by atoms with Gasteiger partial charge in [0.25, 0.3) is 10.1 Å². The fraction of sp³-hybridized carbons (Fsp3) is 0.947. The molecule has 6 atom stereocenters. The lowest BCUT2D eigenvalue weighted by molar-refractivity contribution is -0.297. The molecule has 1 heterocycles. The highest BCUT2D eigenvalue weighted by molar-refractivity contribution is 7.85. The second-order valence-corrected chi connectivity index (χ2v) is 15.8. The first-order valence-electron chi connectivity index (χ1n) is 20.1. The van der Waals surface area contributed by atoms with Crippen molar-refractivity contribution in [3.05, 3.63) is 0 Å². The third-order valence-corrected chi connectivity index (χ3v) is 10.2. The van der Waals surface area contributed by atoms with Gasteiger partial charge in [0.1, 0.15) is 36.8 Å². The van der Waals surface area contributed by atoms with Crippen molar-refractivity contribution in [1.82, 2.24) is 0 Å². The van der Waals surface area contributed by atoms with Gasteiger partial charge in [-0.15, -0.1) is 0 Å². The topological polar surface area (TPSA) is 186 Å². The van der Waals surface area contributed by atoms with Gasteiger partial charge in [-0.25, -0.2) is 0 Å². The van der Waals surface area contributed by atoms with Crippen molar-refractivity contribution in [3.63, 3.8) is 0 Å². The average Bonchev–Trinajstić information content (AvgIpc) is 3.09. The maximum Gasteiger partial charge on any atom is 0.306 e. The highest BCUT2D eigenvalue weighted by atomic mass is 32.2. The van der Waals surface area contributed by atoms with Crippen molar-refractivity contribution in [1.29, 1.82) is 0 Å². The molecule has 1 fully saturated rings. The molecule has 0 amide bonds. The third-order valence-electron chi connectivity index (χ3n) is 9.44. The van der Waals surface area contributed by atoms with Crippen LogP contribution in [0.1, 0.15) is 174 Å². The predicted octanol–water partition coefficient (Wildman–Crippen LogP) is 6.95. The third kappa shape index (κ3) is 25.3. The zero-order valence-corrected chi connectivity index (χ0v) is 32.5. The minimum atomic E-state index is -4.59. The summed E-state index contributed by atoms with van der Waals surface area (Å²) in [6.07, 6.45) is 17.6. The first-order chi connectivity index (χ1) is 24.5. The van der Waals surface area contributed by atoms with Crippen LogP contribution in [0.25, 0.3) is 0 Å². The maximum absolute atomic E-state index is 12.7. The van der Waals surface area contributed by atoms with Crippen molar-refractivity contribution in [2.45, 2.75) is 211 Å². The second kappa shape index (κ2) is 30.0. The molecular weight excluding hydrogens is 680 g/mol. The number of aliphatic hydroxyl groups excluding tert-OH is 3. The zero-order valence-electron chi connectivity index (χ0n) is 31.7. The zero-order chi connectivity index (χ0) is 37.7. The molecule has 51 heavy (non-hydrogen) atoms. The van der Waals surface area contributed by atoms with Crippen molar-refractivity contribution >= 4 is 22.1 Å². The Morgan fingerprint density at radius 2 is 1.00 bits per heavy atom. The van der Waals surface area contributed by atoms with E-state index in [4.69, 9.17) is 18.9 Å². The first kappa shape index (κ1) is 47.7. The molecule has 13 heteroatoms. The molecule has 12 nitrogen and oxygen atoms in total. The summed E-state index contributed by atoms with van der Waals surface area (Å²) in [4.78, 5) is 25.1. The van der Waals surface area contributed by atoms with Crippen LogP contribution in [-0.2, 0) is 38.7 Å². The van der Waals surface area contributed by atoms with E-state index in [-0.39, 0.29) is 19.4 Å². The van der Waals surface area contributed by atoms with E-state index in [1.54, 1.807) is 0 Å². The number of aliphatic hydroxyl groups is 3. The molecule has 0 bridgehead atoms. The van der Waals surface area contributed by atoms with E-state index < -0.39 is 71.2 Å². The van der Waals surface area contributed by atoms with Crippen molar-refractivity contribution in [2.75, 3.05) is 19.0 Å². The first-order valence-corrected chi connectivity index (χ1v) is 21.7. The standard InChI is InChI=1S/C38H72O12S/c1-3-5-7-9-11-12-13-14-15-16-17-18-19-21-23-25-27-34(40)49-31(28-47-33(39)26-24-22-20-10-8-6-4-2)29-48-38-37(43)36(42)35(41)32(50-38)30-51(44,45)46/h31-32,35-38,41-43H,3-30H2,1-2H3,(H,44,45,46)/t31-,32-,35-,36?,37?,38+/m1/s1. The Morgan fingerprint density at radius 3 is 1.43 bits per heavy atom. The molecule has 4 N–H and O–H groups in total. The maximum atomic E-state index is 12.7. The number of rotatable bonds is 33. The van der Waals surface area contributed by atoms with E-state index >= 15 is 0 Å². The van der Waals surface area contributed by atoms with Gasteiger partial charge in [-0.2, -0.15) is 8.42 Å². The number of carbonyl (C=O) groups is 2. The van der Waals surface area contributed by atoms with E-state index in [0.717, 1.165) is 38.5 Å². The number of carbonyl (C=O) groups excluding carboxylic acids is 2. The molecule has 0 aromatic heterocycles. The smallest absolute Gasteiger partial charge is 0.306 e. The molecule has 0 aromatic rings. The summed E-state index contributed by atoms with van der Waals surface area (Å²) in [6.45, 7) is 3.70. The molecule has 1 rings (SSSR count). The van der Waals surface area contributed by atoms with E-state index in [1.807, 2.05) is 0 Å². The largest absolute Gasteiger partial charge is 0.462 e. The molecule has 1 saturated heterocycles. The Hall–Kier alpha value is -1.35. The number of hydrogen-bond acceptors (Lipinski definition) is 11. The average molecular weight is 753 g/mol. The van der Waals surface area contributed by atoms with Crippen LogP contribution in [0.2, 0.25) is 0 Å². The van der Waals surface area contributed by atoms with Gasteiger partial charge < -0.3 is 34.3 Å². The summed E-state index contributed by atoms with van der Waals surface area (Å²) in [6, 6.07) is 0. The van der Waals surface area contributed by atoms with Crippen molar-refractivity contribution in [2.24, 2.45) is 0 Å². The van der Waals surface area contributed by atoms with Crippen LogP contribution in [0.15, 0.2) is 0 Å². The summed E-state index contributed by atoms with van der Waals surface area (Å²) >= 11 is 0. The fourth-order valence-corrected chi connectivity index (χ4v) is 6.96. The van der Waals surface area contributed by atoms with Gasteiger partial charge >= 0.3 is 11.9 Å². The molecule has 0 aliphatic carbocycles. The summed E-state index contributed by atoms with van der Waals surface area (Å²) in [5.74, 6) is -1.98. The van der Waals surface area contributed by atoms with Gasteiger partial charge in [0, 0.05) is 12.8 Å². The molecular formula is C38H72O12S. The van der Waals surface area contributed by atoms with Crippen LogP contribution < -0.4 is 0 Å². The van der Waals surface area contributed by atoms with Gasteiger partial charge in [-0.05, 0) is 12.8 Å². The number of hydrogen-bond donors (Lipinski definition) is 4. The molecule has 302 valence electrons. The summed E-state index contributed by atoms with van der Waals surface area (Å²) < 4.78 is 53.7. The monoisotopic (exact) mass is 752 g/mol. The Balaban J connectivity index is 2.45. The molecule has 0 saturated carbocycles. The summed E-state index contributed by atoms with van der Waals surface area (Å²) in [7, 11) is -4.59. The lowest BCUT2D eigenvalue weighted by atomic mass is 10.00. The van der Waals surface area contributed by atoms with Crippen LogP contribution in [0.4, 0.5) is 0 Å². The fourth-order valence-electron chi connectivity index (χ4n) is 6.26. The summed E-state index contributed by atoms with van der Waals surface area (Å²) in [5.41, 5.74) is 0. The predicted molar refractivity (Wildman–Crippen MR) is 197 cm³/mol. The summed E-state index contributed by atoms with van der Waals surface area (Å²) in [5, 5.41) is 30.7. The normalized spacial score (nSPS) is 21.4. The Labute approximate surface area is 308 Å². The van der Waals surface area contributed by atoms with E-state index in [0.29, 0.717) is 12.8 Å². The quantitative estimate of drug-likeness (QED) is 0.0308. The van der Waals surface area contributed by atoms with Crippen molar-refractivity contribution < 1.29 is 56.8 Å². The van der Waals surface area contributed by atoms with Crippen LogP contribution >= 0.6 is 0 Å². The molecule has 0 radical (unpaired) electrons. The van der Waals surface area contributed by atoms with E-state index in [9.17, 15) is 37.9 Å². The van der Waals surface area contributed by atoms with Crippen LogP contribution in [0.3, 0.4) is 0 Å². The van der Waals surface area contributed by atoms with Gasteiger partial charge in [-0.3, -0.25) is 14.1 Å². The lowest BCUT2D eigenvalue weighted by Gasteiger charge is -2.40. The Bertz CT molecular complexity index is 978. The second-order valence-electron chi connectivity index (χ2n) is 14.3. The number of ether oxygens (including phenoxy) is 4. The van der Waals surface area contributed by atoms with Crippen LogP contribution in [0, 0.1) is 0 Å². The van der Waals surface area contributed by atoms with Gasteiger partial charge in [-0.1, -0.05) is 149 Å². The number of unbranched alkanes of at least 4 members (excludes halogenated alkanes) is 21. The highest BCUT2D eigenvalue weighted by Crippen LogP contribution is 2.24. The molecule has 0 spiro atoms. The number of esters is 2. The molecule has 1 aliphatic rings. The molecule has 2 unspecified atom stereocenters. The van der Waals surface area contributed by atoms with Crippen LogP contribution in [-0.4, -0.2) is 96.0 Å². The van der Waals surface area contributed by atoms with Crippen LogP contribution in [0.5, 0.6) is 0 Å². The van der Waals surface area contributed by atoms with Gasteiger partial charge in [0.15, 0.2) is 12.4 Å². The minimum Gasteiger partial charge on any atom is -0.462 e. The lowest BCUT2D eigenvalue weighted by Crippen LogP contribution is -2.60. The SMILES string of the molecule is CCCCCCCCCCCCCCCCCCC(=O)O[C@H](COC(=O)CCCCCCCCC)CO[C@H]1O[C@H](CS(=O)(=O)O)[C@@H](O)C(O)C1O. The van der Waals surface area contributed by atoms with Gasteiger partial charge in [0.05, 0.1) is 6.61 Å². The Kier molecular flexibility index (Phi) is 28.1. The van der Waals surface area contributed by atoms with E-state index in [1.165, 1.54) is 96.3 Å². The van der Waals surface area contributed by atoms with Gasteiger partial charge in [0.2, 0.25) is 0 Å².